The highest BCUT2D eigenvalue weighted by Crippen LogP contribution is 2.35. The molecule has 142 valence electrons. The van der Waals surface area contributed by atoms with Crippen molar-refractivity contribution in [3.63, 3.8) is 0 Å². The first-order valence-electron chi connectivity index (χ1n) is 7.37. The fourth-order valence-corrected chi connectivity index (χ4v) is 3.21. The monoisotopic (exact) mass is 411 g/mol. The summed E-state index contributed by atoms with van der Waals surface area (Å²) in [5.74, 6) is -0.400. The Kier molecular flexibility index (Phi) is 4.76. The second kappa shape index (κ2) is 6.89. The molecule has 0 saturated heterocycles. The van der Waals surface area contributed by atoms with E-state index in [1.807, 2.05) is 0 Å². The van der Waals surface area contributed by atoms with E-state index in [1.54, 1.807) is 12.1 Å². The van der Waals surface area contributed by atoms with Crippen molar-refractivity contribution >= 4 is 61.6 Å². The molecule has 0 aliphatic heterocycles. The molecule has 0 unspecified atom stereocenters. The van der Waals surface area contributed by atoms with Crippen LogP contribution >= 0.6 is 11.6 Å². The van der Waals surface area contributed by atoms with Crippen molar-refractivity contribution in [2.24, 2.45) is 0 Å². The molecule has 0 amide bonds. The third kappa shape index (κ3) is 4.01. The Morgan fingerprint density at radius 2 is 2.15 bits per heavy atom. The van der Waals surface area contributed by atoms with Gasteiger partial charge in [-0.2, -0.15) is 10.1 Å². The Morgan fingerprint density at radius 3 is 2.78 bits per heavy atom. The molecule has 0 fully saturated rings. The van der Waals surface area contributed by atoms with Gasteiger partial charge in [-0.3, -0.25) is 5.10 Å². The molecule has 0 spiro atoms. The first-order chi connectivity index (χ1) is 12.6. The van der Waals surface area contributed by atoms with Crippen LogP contribution in [0.5, 0.6) is 0 Å². The summed E-state index contributed by atoms with van der Waals surface area (Å²) in [6, 6.07) is 4.61. The van der Waals surface area contributed by atoms with E-state index in [2.05, 4.69) is 25.5 Å². The summed E-state index contributed by atoms with van der Waals surface area (Å²) in [5.41, 5.74) is 6.14. The number of halogens is 1. The van der Waals surface area contributed by atoms with Crippen molar-refractivity contribution in [2.45, 2.75) is 6.92 Å². The van der Waals surface area contributed by atoms with E-state index >= 15 is 0 Å². The summed E-state index contributed by atoms with van der Waals surface area (Å²) in [6.45, 7) is 1.08. The van der Waals surface area contributed by atoms with E-state index in [4.69, 9.17) is 22.2 Å². The van der Waals surface area contributed by atoms with E-state index in [0.717, 1.165) is 13.2 Å². The molecule has 0 atom stereocenters. The fraction of sp³-hybridized carbons (Fsp3) is 0.143. The molecule has 0 radical (unpaired) electrons. The van der Waals surface area contributed by atoms with Gasteiger partial charge in [0.15, 0.2) is 0 Å². The Hall–Kier alpha value is -3.12. The summed E-state index contributed by atoms with van der Waals surface area (Å²) >= 11 is 6.10. The van der Waals surface area contributed by atoms with Crippen LogP contribution in [0, 0.1) is 0 Å². The second-order valence-corrected chi connectivity index (χ2v) is 7.60. The minimum absolute atomic E-state index is 0.0159. The second-order valence-electron chi connectivity index (χ2n) is 5.43. The molecule has 27 heavy (non-hydrogen) atoms. The highest BCUT2D eigenvalue weighted by molar-refractivity contribution is 7.91. The standard InChI is InChI=1S/C14H14ClN7O4S/c1-7(23)26-22(27(2,24)25)10-6-8(5-9-12(10)20-21-13(9)15)18-11-3-4-17-14(16)19-11/h3-6H,1-2H3,(H,20,21)(H3,16,17,18,19). The zero-order valence-electron chi connectivity index (χ0n) is 14.1. The van der Waals surface area contributed by atoms with E-state index in [1.165, 1.54) is 12.3 Å². The zero-order valence-corrected chi connectivity index (χ0v) is 15.7. The molecule has 1 aromatic carbocycles. The number of carbonyl (C=O) groups is 1. The highest BCUT2D eigenvalue weighted by atomic mass is 35.5. The van der Waals surface area contributed by atoms with Crippen LogP contribution in [0.1, 0.15) is 6.92 Å². The van der Waals surface area contributed by atoms with Gasteiger partial charge in [-0.1, -0.05) is 16.1 Å². The van der Waals surface area contributed by atoms with Crippen LogP contribution in [-0.4, -0.2) is 40.8 Å². The van der Waals surface area contributed by atoms with Gasteiger partial charge in [-0.05, 0) is 18.2 Å². The number of nitrogens with two attached hydrogens (primary N) is 1. The molecule has 11 nitrogen and oxygen atoms in total. The topological polar surface area (TPSA) is 156 Å². The van der Waals surface area contributed by atoms with Crippen LogP contribution in [0.3, 0.4) is 0 Å². The van der Waals surface area contributed by atoms with Gasteiger partial charge < -0.3 is 15.9 Å². The van der Waals surface area contributed by atoms with Gasteiger partial charge >= 0.3 is 5.97 Å². The molecule has 3 aromatic rings. The lowest BCUT2D eigenvalue weighted by molar-refractivity contribution is -0.140. The van der Waals surface area contributed by atoms with Crippen LogP contribution in [0.4, 0.5) is 23.1 Å². The summed E-state index contributed by atoms with van der Waals surface area (Å²) < 4.78 is 24.8. The number of hydrogen-bond acceptors (Lipinski definition) is 9. The number of fused-ring (bicyclic) bond motifs is 1. The van der Waals surface area contributed by atoms with Gasteiger partial charge in [0.25, 0.3) is 10.0 Å². The average Bonchev–Trinajstić information content (AvgIpc) is 2.92. The van der Waals surface area contributed by atoms with Crippen molar-refractivity contribution in [1.82, 2.24) is 20.2 Å². The van der Waals surface area contributed by atoms with E-state index in [0.29, 0.717) is 21.4 Å². The average molecular weight is 412 g/mol. The number of nitrogens with one attached hydrogen (secondary N) is 2. The maximum absolute atomic E-state index is 12.2. The van der Waals surface area contributed by atoms with E-state index < -0.39 is 16.0 Å². The van der Waals surface area contributed by atoms with Gasteiger partial charge in [0.05, 0.1) is 6.26 Å². The molecule has 4 N–H and O–H groups in total. The van der Waals surface area contributed by atoms with Crippen LogP contribution in [-0.2, 0) is 19.7 Å². The molecular formula is C14H14ClN7O4S. The van der Waals surface area contributed by atoms with Crippen molar-refractivity contribution in [3.8, 4) is 0 Å². The number of carbonyl (C=O) groups excluding carboxylic acids is 1. The van der Waals surface area contributed by atoms with Crippen molar-refractivity contribution in [3.05, 3.63) is 29.5 Å². The quantitative estimate of drug-likeness (QED) is 0.530. The Labute approximate surface area is 158 Å². The van der Waals surface area contributed by atoms with Crippen LogP contribution in [0.25, 0.3) is 10.9 Å². The number of sulfonamides is 1. The number of nitrogens with zero attached hydrogens (tertiary/aromatic N) is 4. The summed E-state index contributed by atoms with van der Waals surface area (Å²) in [6.07, 6.45) is 2.35. The predicted molar refractivity (Wildman–Crippen MR) is 99.9 cm³/mol. The van der Waals surface area contributed by atoms with E-state index in [9.17, 15) is 13.2 Å². The first-order valence-corrected chi connectivity index (χ1v) is 9.60. The minimum atomic E-state index is -3.97. The fourth-order valence-electron chi connectivity index (χ4n) is 2.28. The number of H-pyrrole nitrogens is 1. The summed E-state index contributed by atoms with van der Waals surface area (Å²) in [4.78, 5) is 24.1. The van der Waals surface area contributed by atoms with Crippen LogP contribution in [0.15, 0.2) is 24.4 Å². The number of aromatic nitrogens is 4. The molecule has 2 aromatic heterocycles. The van der Waals surface area contributed by atoms with E-state index in [-0.39, 0.29) is 22.3 Å². The largest absolute Gasteiger partial charge is 0.368 e. The molecule has 13 heteroatoms. The van der Waals surface area contributed by atoms with Gasteiger partial charge in [0, 0.05) is 24.2 Å². The third-order valence-corrected chi connectivity index (χ3v) is 4.41. The number of nitrogen functional groups attached to an aromatic ring is 1. The van der Waals surface area contributed by atoms with Crippen molar-refractivity contribution < 1.29 is 18.0 Å². The number of aromatic amines is 1. The molecule has 0 saturated carbocycles. The Balaban J connectivity index is 2.17. The lowest BCUT2D eigenvalue weighted by Gasteiger charge is -2.21. The van der Waals surface area contributed by atoms with Gasteiger partial charge in [-0.25, -0.2) is 18.2 Å². The van der Waals surface area contributed by atoms with Crippen molar-refractivity contribution in [2.75, 3.05) is 21.8 Å². The number of anilines is 4. The smallest absolute Gasteiger partial charge is 0.330 e. The van der Waals surface area contributed by atoms with Crippen molar-refractivity contribution in [1.29, 1.82) is 0 Å². The molecule has 0 aliphatic carbocycles. The van der Waals surface area contributed by atoms with Gasteiger partial charge in [-0.15, -0.1) is 0 Å². The summed E-state index contributed by atoms with van der Waals surface area (Å²) in [5, 5.41) is 10.1. The lowest BCUT2D eigenvalue weighted by Crippen LogP contribution is -2.32. The molecular weight excluding hydrogens is 398 g/mol. The Morgan fingerprint density at radius 1 is 1.41 bits per heavy atom. The first kappa shape index (κ1) is 18.7. The summed E-state index contributed by atoms with van der Waals surface area (Å²) in [7, 11) is -3.97. The third-order valence-electron chi connectivity index (χ3n) is 3.25. The molecule has 3 rings (SSSR count). The number of benzene rings is 1. The number of hydrogen-bond donors (Lipinski definition) is 3. The van der Waals surface area contributed by atoms with Gasteiger partial charge in [0.2, 0.25) is 5.95 Å². The van der Waals surface area contributed by atoms with Gasteiger partial charge in [0.1, 0.15) is 22.2 Å². The van der Waals surface area contributed by atoms with Crippen LogP contribution in [0.2, 0.25) is 5.15 Å². The zero-order chi connectivity index (χ0) is 19.8. The Bertz CT molecular complexity index is 1130. The molecule has 0 bridgehead atoms. The normalized spacial score (nSPS) is 11.4. The van der Waals surface area contributed by atoms with Crippen LogP contribution < -0.4 is 15.5 Å². The minimum Gasteiger partial charge on any atom is -0.368 e. The maximum atomic E-state index is 12.2. The molecule has 2 heterocycles. The lowest BCUT2D eigenvalue weighted by atomic mass is 10.2. The molecule has 0 aliphatic rings. The SMILES string of the molecule is CC(=O)ON(c1cc(Nc2ccnc(N)n2)cc2c(Cl)[nH]nc12)S(C)(=O)=O. The highest BCUT2D eigenvalue weighted by Gasteiger charge is 2.26. The maximum Gasteiger partial charge on any atom is 0.330 e. The predicted octanol–water partition coefficient (Wildman–Crippen LogP) is 1.58. The number of rotatable bonds is 5.